The van der Waals surface area contributed by atoms with Crippen molar-refractivity contribution in [3.8, 4) is 11.8 Å². The van der Waals surface area contributed by atoms with Crippen molar-refractivity contribution in [2.75, 3.05) is 26.2 Å². The van der Waals surface area contributed by atoms with Gasteiger partial charge in [-0.25, -0.2) is 0 Å². The second-order valence-electron chi connectivity index (χ2n) is 6.36. The van der Waals surface area contributed by atoms with E-state index in [0.29, 0.717) is 29.8 Å². The maximum absolute atomic E-state index is 11.6. The minimum absolute atomic E-state index is 0.0320. The minimum Gasteiger partial charge on any atom is -0.490 e. The zero-order valence-corrected chi connectivity index (χ0v) is 15.9. The van der Waals surface area contributed by atoms with Crippen LogP contribution in [0, 0.1) is 21.4 Å². The highest BCUT2D eigenvalue weighted by atomic mass is 17.0. The standard InChI is InChI=1S/C18H23N5O6/c1-12(29-23(26)27)7-17(25)21-6-5-20-10-14(24)11-28-16-4-2-3-15-18(16)13(8-19)9-22-15/h2-4,9,12,14,20,22,24H,5-7,10-11H2,1H3,(H,21,25). The number of rotatable bonds is 12. The van der Waals surface area contributed by atoms with Crippen molar-refractivity contribution in [3.63, 3.8) is 0 Å². The molecule has 0 bridgehead atoms. The summed E-state index contributed by atoms with van der Waals surface area (Å²) < 4.78 is 5.65. The van der Waals surface area contributed by atoms with Gasteiger partial charge >= 0.3 is 0 Å². The lowest BCUT2D eigenvalue weighted by molar-refractivity contribution is -0.767. The number of carbonyl (C=O) groups is 1. The molecule has 1 amide bonds. The molecule has 1 aromatic carbocycles. The molecule has 2 aromatic rings. The van der Waals surface area contributed by atoms with Crippen molar-refractivity contribution in [3.05, 3.63) is 40.1 Å². The normalized spacial score (nSPS) is 12.7. The number of fused-ring (bicyclic) bond motifs is 1. The third-order valence-electron chi connectivity index (χ3n) is 3.96. The Morgan fingerprint density at radius 3 is 2.97 bits per heavy atom. The third-order valence-corrected chi connectivity index (χ3v) is 3.96. The van der Waals surface area contributed by atoms with Gasteiger partial charge in [-0.1, -0.05) is 6.07 Å². The molecule has 0 saturated carbocycles. The second-order valence-corrected chi connectivity index (χ2v) is 6.36. The van der Waals surface area contributed by atoms with E-state index in [9.17, 15) is 20.0 Å². The van der Waals surface area contributed by atoms with Gasteiger partial charge in [-0.2, -0.15) is 5.26 Å². The van der Waals surface area contributed by atoms with Gasteiger partial charge in [0.2, 0.25) is 5.91 Å². The van der Waals surface area contributed by atoms with Crippen molar-refractivity contribution in [1.82, 2.24) is 15.6 Å². The molecule has 2 rings (SSSR count). The lowest BCUT2D eigenvalue weighted by Gasteiger charge is -2.14. The summed E-state index contributed by atoms with van der Waals surface area (Å²) in [4.78, 5) is 29.0. The lowest BCUT2D eigenvalue weighted by Crippen LogP contribution is -2.37. The van der Waals surface area contributed by atoms with Gasteiger partial charge in [-0.05, 0) is 19.1 Å². The van der Waals surface area contributed by atoms with Crippen LogP contribution in [0.15, 0.2) is 24.4 Å². The number of ether oxygens (including phenoxy) is 1. The first kappa shape index (κ1) is 21.9. The van der Waals surface area contributed by atoms with Gasteiger partial charge in [0.05, 0.1) is 22.9 Å². The number of carbonyl (C=O) groups excluding carboxylic acids is 1. The zero-order valence-electron chi connectivity index (χ0n) is 15.9. The van der Waals surface area contributed by atoms with Gasteiger partial charge < -0.3 is 30.3 Å². The number of nitrogens with one attached hydrogen (secondary N) is 3. The number of aromatic amines is 1. The molecular weight excluding hydrogens is 382 g/mol. The second kappa shape index (κ2) is 10.8. The molecule has 2 atom stereocenters. The van der Waals surface area contributed by atoms with E-state index >= 15 is 0 Å². The van der Waals surface area contributed by atoms with E-state index in [-0.39, 0.29) is 25.5 Å². The van der Waals surface area contributed by atoms with Crippen LogP contribution in [0.25, 0.3) is 10.9 Å². The Kier molecular flexibility index (Phi) is 8.20. The number of amides is 1. The molecule has 29 heavy (non-hydrogen) atoms. The van der Waals surface area contributed by atoms with Crippen LogP contribution < -0.4 is 15.4 Å². The van der Waals surface area contributed by atoms with Crippen LogP contribution in [0.3, 0.4) is 0 Å². The van der Waals surface area contributed by atoms with Crippen LogP contribution >= 0.6 is 0 Å². The molecule has 0 aliphatic carbocycles. The van der Waals surface area contributed by atoms with Gasteiger partial charge in [-0.15, -0.1) is 10.1 Å². The summed E-state index contributed by atoms with van der Waals surface area (Å²) in [7, 11) is 0. The summed E-state index contributed by atoms with van der Waals surface area (Å²) in [6.07, 6.45) is -0.122. The van der Waals surface area contributed by atoms with E-state index in [4.69, 9.17) is 10.00 Å². The minimum atomic E-state index is -0.930. The number of nitrogens with zero attached hydrogens (tertiary/aromatic N) is 2. The zero-order chi connectivity index (χ0) is 21.2. The first-order chi connectivity index (χ1) is 13.9. The van der Waals surface area contributed by atoms with Crippen LogP contribution in [-0.4, -0.2) is 59.5 Å². The molecule has 0 aliphatic heterocycles. The van der Waals surface area contributed by atoms with Crippen LogP contribution in [0.4, 0.5) is 0 Å². The van der Waals surface area contributed by atoms with E-state index in [1.54, 1.807) is 18.3 Å². The lowest BCUT2D eigenvalue weighted by atomic mass is 10.1. The van der Waals surface area contributed by atoms with Crippen LogP contribution in [0.2, 0.25) is 0 Å². The Labute approximate surface area is 166 Å². The molecule has 2 unspecified atom stereocenters. The topological polar surface area (TPSA) is 163 Å². The Hall–Kier alpha value is -3.36. The quantitative estimate of drug-likeness (QED) is 0.225. The number of aliphatic hydroxyl groups is 1. The Morgan fingerprint density at radius 1 is 1.45 bits per heavy atom. The summed E-state index contributed by atoms with van der Waals surface area (Å²) >= 11 is 0. The van der Waals surface area contributed by atoms with Gasteiger partial charge in [0.1, 0.15) is 30.6 Å². The number of benzene rings is 1. The van der Waals surface area contributed by atoms with Crippen molar-refractivity contribution >= 4 is 16.8 Å². The highest BCUT2D eigenvalue weighted by Crippen LogP contribution is 2.28. The Bertz CT molecular complexity index is 877. The van der Waals surface area contributed by atoms with Crippen LogP contribution in [0.1, 0.15) is 18.9 Å². The molecular formula is C18H23N5O6. The molecule has 0 fully saturated rings. The predicted octanol–water partition coefficient (Wildman–Crippen LogP) is 0.472. The highest BCUT2D eigenvalue weighted by Gasteiger charge is 2.13. The number of hydrogen-bond acceptors (Lipinski definition) is 8. The Morgan fingerprint density at radius 2 is 2.24 bits per heavy atom. The summed E-state index contributed by atoms with van der Waals surface area (Å²) in [6, 6.07) is 7.45. The van der Waals surface area contributed by atoms with Crippen molar-refractivity contribution in [2.45, 2.75) is 25.6 Å². The average Bonchev–Trinajstić information content (AvgIpc) is 3.09. The Balaban J connectivity index is 1.65. The van der Waals surface area contributed by atoms with E-state index in [1.165, 1.54) is 6.92 Å². The summed E-state index contributed by atoms with van der Waals surface area (Å²) in [5, 5.41) is 34.7. The maximum atomic E-state index is 11.6. The van der Waals surface area contributed by atoms with E-state index in [2.05, 4.69) is 26.5 Å². The van der Waals surface area contributed by atoms with Crippen molar-refractivity contribution in [2.24, 2.45) is 0 Å². The van der Waals surface area contributed by atoms with Crippen LogP contribution in [-0.2, 0) is 9.63 Å². The number of hydrogen-bond donors (Lipinski definition) is 4. The SMILES string of the molecule is CC(CC(=O)NCCNCC(O)COc1cccc2[nH]cc(C#N)c12)O[N+](=O)[O-]. The molecule has 1 heterocycles. The molecule has 0 aliphatic rings. The summed E-state index contributed by atoms with van der Waals surface area (Å²) in [5.41, 5.74) is 1.25. The maximum Gasteiger partial charge on any atom is 0.294 e. The number of H-pyrrole nitrogens is 1. The molecule has 0 spiro atoms. The third kappa shape index (κ3) is 6.95. The molecule has 11 nitrogen and oxygen atoms in total. The monoisotopic (exact) mass is 405 g/mol. The van der Waals surface area contributed by atoms with Crippen molar-refractivity contribution in [1.29, 1.82) is 5.26 Å². The smallest absolute Gasteiger partial charge is 0.294 e. The number of aromatic nitrogens is 1. The highest BCUT2D eigenvalue weighted by molar-refractivity contribution is 5.91. The van der Waals surface area contributed by atoms with Gasteiger partial charge in [-0.3, -0.25) is 4.79 Å². The summed E-state index contributed by atoms with van der Waals surface area (Å²) in [6.45, 7) is 2.41. The average molecular weight is 405 g/mol. The van der Waals surface area contributed by atoms with Crippen LogP contribution in [0.5, 0.6) is 5.75 Å². The fraction of sp³-hybridized carbons (Fsp3) is 0.444. The largest absolute Gasteiger partial charge is 0.490 e. The molecule has 0 radical (unpaired) electrons. The molecule has 0 saturated heterocycles. The molecule has 156 valence electrons. The summed E-state index contributed by atoms with van der Waals surface area (Å²) in [5.74, 6) is 0.149. The fourth-order valence-electron chi connectivity index (χ4n) is 2.68. The van der Waals surface area contributed by atoms with E-state index in [1.807, 2.05) is 6.07 Å². The van der Waals surface area contributed by atoms with E-state index < -0.39 is 17.3 Å². The first-order valence-electron chi connectivity index (χ1n) is 9.00. The number of aliphatic hydroxyl groups excluding tert-OH is 1. The van der Waals surface area contributed by atoms with E-state index in [0.717, 1.165) is 5.52 Å². The predicted molar refractivity (Wildman–Crippen MR) is 103 cm³/mol. The molecule has 1 aromatic heterocycles. The van der Waals surface area contributed by atoms with Gasteiger partial charge in [0, 0.05) is 25.8 Å². The fourth-order valence-corrected chi connectivity index (χ4v) is 2.68. The number of nitriles is 1. The first-order valence-corrected chi connectivity index (χ1v) is 9.00. The van der Waals surface area contributed by atoms with Crippen molar-refractivity contribution < 1.29 is 24.6 Å². The van der Waals surface area contributed by atoms with Gasteiger partial charge in [0.25, 0.3) is 5.09 Å². The molecule has 11 heteroatoms. The van der Waals surface area contributed by atoms with Gasteiger partial charge in [0.15, 0.2) is 0 Å². The molecule has 4 N–H and O–H groups in total.